The summed E-state index contributed by atoms with van der Waals surface area (Å²) in [5.74, 6) is -0.665. The molecule has 0 bridgehead atoms. The summed E-state index contributed by atoms with van der Waals surface area (Å²) in [6, 6.07) is 6.72. The molecule has 98 valence electrons. The highest BCUT2D eigenvalue weighted by Gasteiger charge is 2.15. The quantitative estimate of drug-likeness (QED) is 0.753. The van der Waals surface area contributed by atoms with Crippen molar-refractivity contribution in [3.05, 3.63) is 35.4 Å². The van der Waals surface area contributed by atoms with Crippen molar-refractivity contribution < 1.29 is 14.3 Å². The van der Waals surface area contributed by atoms with E-state index in [2.05, 4.69) is 10.1 Å². The molecule has 1 unspecified atom stereocenters. The minimum Gasteiger partial charge on any atom is -0.469 e. The summed E-state index contributed by atoms with van der Waals surface area (Å²) in [7, 11) is 1.31. The molecule has 0 radical (unpaired) electrons. The van der Waals surface area contributed by atoms with Crippen LogP contribution in [0.3, 0.4) is 0 Å². The molecule has 0 saturated heterocycles. The molecule has 0 spiro atoms. The summed E-state index contributed by atoms with van der Waals surface area (Å²) in [6.07, 6.45) is 0.142. The van der Waals surface area contributed by atoms with E-state index in [4.69, 9.17) is 5.73 Å². The Bertz CT molecular complexity index is 415. The maximum atomic E-state index is 11.7. The normalized spacial score (nSPS) is 11.7. The van der Waals surface area contributed by atoms with Crippen LogP contribution in [-0.4, -0.2) is 25.5 Å². The van der Waals surface area contributed by atoms with Gasteiger partial charge in [-0.25, -0.2) is 0 Å². The van der Waals surface area contributed by atoms with Gasteiger partial charge in [-0.05, 0) is 12.5 Å². The Morgan fingerprint density at radius 1 is 1.33 bits per heavy atom. The third-order valence-electron chi connectivity index (χ3n) is 2.57. The van der Waals surface area contributed by atoms with E-state index in [0.29, 0.717) is 0 Å². The molecule has 1 aromatic rings. The number of hydrogen-bond donors (Lipinski definition) is 2. The van der Waals surface area contributed by atoms with Gasteiger partial charge in [-0.2, -0.15) is 0 Å². The van der Waals surface area contributed by atoms with Crippen LogP contribution in [0.15, 0.2) is 24.3 Å². The second kappa shape index (κ2) is 6.76. The number of esters is 1. The smallest absolute Gasteiger partial charge is 0.307 e. The first kappa shape index (κ1) is 14.2. The van der Waals surface area contributed by atoms with Crippen molar-refractivity contribution in [3.8, 4) is 0 Å². The predicted octanol–water partition coefficient (Wildman–Crippen LogP) is 0.674. The summed E-state index contributed by atoms with van der Waals surface area (Å²) >= 11 is 0. The Hall–Kier alpha value is -1.88. The maximum Gasteiger partial charge on any atom is 0.307 e. The van der Waals surface area contributed by atoms with E-state index in [1.807, 2.05) is 31.2 Å². The number of ether oxygens (including phenoxy) is 1. The number of rotatable bonds is 5. The van der Waals surface area contributed by atoms with Gasteiger partial charge in [0, 0.05) is 6.54 Å². The minimum absolute atomic E-state index is 0.142. The van der Waals surface area contributed by atoms with Crippen LogP contribution >= 0.6 is 0 Å². The van der Waals surface area contributed by atoms with Gasteiger partial charge in [-0.1, -0.05) is 29.8 Å². The van der Waals surface area contributed by atoms with Gasteiger partial charge in [0.05, 0.1) is 13.5 Å². The molecule has 0 heterocycles. The number of amides is 1. The fourth-order valence-electron chi connectivity index (χ4n) is 1.42. The molecule has 1 atom stereocenters. The van der Waals surface area contributed by atoms with Crippen LogP contribution in [0.4, 0.5) is 0 Å². The van der Waals surface area contributed by atoms with Crippen molar-refractivity contribution in [3.63, 3.8) is 0 Å². The number of aryl methyl sites for hydroxylation is 1. The molecule has 5 heteroatoms. The molecule has 5 nitrogen and oxygen atoms in total. The highest BCUT2D eigenvalue weighted by atomic mass is 16.5. The zero-order valence-corrected chi connectivity index (χ0v) is 10.6. The number of hydrogen-bond acceptors (Lipinski definition) is 4. The summed E-state index contributed by atoms with van der Waals surface area (Å²) < 4.78 is 4.47. The van der Waals surface area contributed by atoms with Crippen LogP contribution in [0.25, 0.3) is 0 Å². The summed E-state index contributed by atoms with van der Waals surface area (Å²) in [5, 5.41) is 2.60. The Morgan fingerprint density at radius 2 is 1.94 bits per heavy atom. The van der Waals surface area contributed by atoms with E-state index in [-0.39, 0.29) is 24.8 Å². The lowest BCUT2D eigenvalue weighted by atomic mass is 10.1. The van der Waals surface area contributed by atoms with Crippen LogP contribution in [0.1, 0.15) is 23.6 Å². The SMILES string of the molecule is COC(=O)CCNC(=O)C(N)c1ccc(C)cc1. The zero-order valence-electron chi connectivity index (χ0n) is 10.6. The zero-order chi connectivity index (χ0) is 13.5. The third-order valence-corrected chi connectivity index (χ3v) is 2.57. The third kappa shape index (κ3) is 4.18. The molecule has 1 amide bonds. The average molecular weight is 250 g/mol. The van der Waals surface area contributed by atoms with Crippen molar-refractivity contribution in [1.82, 2.24) is 5.32 Å². The van der Waals surface area contributed by atoms with Gasteiger partial charge < -0.3 is 15.8 Å². The number of carbonyl (C=O) groups is 2. The van der Waals surface area contributed by atoms with E-state index in [9.17, 15) is 9.59 Å². The second-order valence-electron chi connectivity index (χ2n) is 4.01. The minimum atomic E-state index is -0.719. The Morgan fingerprint density at radius 3 is 2.50 bits per heavy atom. The van der Waals surface area contributed by atoms with E-state index in [1.54, 1.807) is 0 Å². The predicted molar refractivity (Wildman–Crippen MR) is 67.8 cm³/mol. The summed E-state index contributed by atoms with van der Waals surface area (Å²) in [5.41, 5.74) is 7.66. The van der Waals surface area contributed by atoms with Gasteiger partial charge in [0.25, 0.3) is 0 Å². The lowest BCUT2D eigenvalue weighted by Crippen LogP contribution is -2.35. The van der Waals surface area contributed by atoms with Crippen LogP contribution in [-0.2, 0) is 14.3 Å². The summed E-state index contributed by atoms with van der Waals surface area (Å²) in [6.45, 7) is 2.19. The van der Waals surface area contributed by atoms with Gasteiger partial charge >= 0.3 is 5.97 Å². The number of nitrogens with one attached hydrogen (secondary N) is 1. The van der Waals surface area contributed by atoms with Crippen LogP contribution < -0.4 is 11.1 Å². The highest BCUT2D eigenvalue weighted by molar-refractivity contribution is 5.83. The van der Waals surface area contributed by atoms with Crippen molar-refractivity contribution >= 4 is 11.9 Å². The maximum absolute atomic E-state index is 11.7. The molecule has 0 aromatic heterocycles. The monoisotopic (exact) mass is 250 g/mol. The Kier molecular flexibility index (Phi) is 5.32. The van der Waals surface area contributed by atoms with Gasteiger partial charge in [0.15, 0.2) is 0 Å². The van der Waals surface area contributed by atoms with Crippen molar-refractivity contribution in [2.24, 2.45) is 5.73 Å². The second-order valence-corrected chi connectivity index (χ2v) is 4.01. The fraction of sp³-hybridized carbons (Fsp3) is 0.385. The molecular formula is C13H18N2O3. The van der Waals surface area contributed by atoms with Crippen molar-refractivity contribution in [2.75, 3.05) is 13.7 Å². The number of carbonyl (C=O) groups excluding carboxylic acids is 2. The van der Waals surface area contributed by atoms with E-state index in [0.717, 1.165) is 11.1 Å². The molecule has 1 aromatic carbocycles. The van der Waals surface area contributed by atoms with Crippen LogP contribution in [0.5, 0.6) is 0 Å². The van der Waals surface area contributed by atoms with Gasteiger partial charge in [-0.3, -0.25) is 9.59 Å². The highest BCUT2D eigenvalue weighted by Crippen LogP contribution is 2.11. The van der Waals surface area contributed by atoms with E-state index in [1.165, 1.54) is 7.11 Å². The van der Waals surface area contributed by atoms with E-state index >= 15 is 0 Å². The molecular weight excluding hydrogens is 232 g/mol. The fourth-order valence-corrected chi connectivity index (χ4v) is 1.42. The van der Waals surface area contributed by atoms with Crippen molar-refractivity contribution in [2.45, 2.75) is 19.4 Å². The molecule has 1 rings (SSSR count). The molecule has 0 fully saturated rings. The first-order valence-electron chi connectivity index (χ1n) is 5.71. The van der Waals surface area contributed by atoms with Gasteiger partial charge in [-0.15, -0.1) is 0 Å². The lowest BCUT2D eigenvalue weighted by molar-refractivity contribution is -0.140. The molecule has 0 saturated carbocycles. The van der Waals surface area contributed by atoms with Crippen LogP contribution in [0.2, 0.25) is 0 Å². The Labute approximate surface area is 106 Å². The first-order valence-corrected chi connectivity index (χ1v) is 5.71. The Balaban J connectivity index is 2.46. The molecule has 0 aliphatic carbocycles. The molecule has 3 N–H and O–H groups in total. The topological polar surface area (TPSA) is 81.4 Å². The molecule has 0 aliphatic rings. The number of methoxy groups -OCH3 is 1. The van der Waals surface area contributed by atoms with Crippen molar-refractivity contribution in [1.29, 1.82) is 0 Å². The number of nitrogens with two attached hydrogens (primary N) is 1. The van der Waals surface area contributed by atoms with Gasteiger partial charge in [0.1, 0.15) is 6.04 Å². The largest absolute Gasteiger partial charge is 0.469 e. The first-order chi connectivity index (χ1) is 8.54. The summed E-state index contributed by atoms with van der Waals surface area (Å²) in [4.78, 5) is 22.6. The molecule has 0 aliphatic heterocycles. The van der Waals surface area contributed by atoms with Crippen LogP contribution in [0, 0.1) is 6.92 Å². The molecule has 18 heavy (non-hydrogen) atoms. The lowest BCUT2D eigenvalue weighted by Gasteiger charge is -2.12. The standard InChI is InChI=1S/C13H18N2O3/c1-9-3-5-10(6-4-9)12(14)13(17)15-8-7-11(16)18-2/h3-6,12H,7-8,14H2,1-2H3,(H,15,17). The van der Waals surface area contributed by atoms with E-state index < -0.39 is 6.04 Å². The van der Waals surface area contributed by atoms with Gasteiger partial charge in [0.2, 0.25) is 5.91 Å². The average Bonchev–Trinajstić information content (AvgIpc) is 2.38. The number of benzene rings is 1.